The predicted molar refractivity (Wildman–Crippen MR) is 67.6 cm³/mol. The molecule has 8 heteroatoms. The van der Waals surface area contributed by atoms with Crippen LogP contribution in [-0.4, -0.2) is 57.0 Å². The van der Waals surface area contributed by atoms with Crippen LogP contribution in [0, 0.1) is 0 Å². The van der Waals surface area contributed by atoms with Crippen molar-refractivity contribution < 1.29 is 9.90 Å². The molecule has 0 spiro atoms. The van der Waals surface area contributed by atoms with E-state index in [0.717, 1.165) is 5.39 Å². The average Bonchev–Trinajstić information content (AvgIpc) is 2.83. The van der Waals surface area contributed by atoms with Crippen LogP contribution >= 0.6 is 0 Å². The minimum Gasteiger partial charge on any atom is -0.394 e. The maximum Gasteiger partial charge on any atom is 0.239 e. The molecule has 8 nitrogen and oxygen atoms in total. The van der Waals surface area contributed by atoms with Crippen LogP contribution in [0.2, 0.25) is 0 Å². The Kier molecular flexibility index (Phi) is 3.00. The van der Waals surface area contributed by atoms with E-state index in [1.807, 2.05) is 4.90 Å². The van der Waals surface area contributed by atoms with Crippen molar-refractivity contribution >= 4 is 22.8 Å². The molecule has 2 aromatic rings. The Balaban J connectivity index is 2.01. The van der Waals surface area contributed by atoms with Crippen LogP contribution in [0.1, 0.15) is 0 Å². The van der Waals surface area contributed by atoms with Crippen molar-refractivity contribution in [3.63, 3.8) is 0 Å². The average molecular weight is 262 g/mol. The van der Waals surface area contributed by atoms with Crippen LogP contribution in [0.5, 0.6) is 0 Å². The Labute approximate surface area is 109 Å². The quantitative estimate of drug-likeness (QED) is 0.718. The number of amides is 1. The first-order valence-electron chi connectivity index (χ1n) is 6.08. The van der Waals surface area contributed by atoms with Gasteiger partial charge in [0.15, 0.2) is 5.65 Å². The molecule has 0 atom stereocenters. The van der Waals surface area contributed by atoms with E-state index < -0.39 is 0 Å². The summed E-state index contributed by atoms with van der Waals surface area (Å²) >= 11 is 0. The highest BCUT2D eigenvalue weighted by Gasteiger charge is 2.20. The van der Waals surface area contributed by atoms with Gasteiger partial charge in [-0.15, -0.1) is 0 Å². The summed E-state index contributed by atoms with van der Waals surface area (Å²) in [6, 6.07) is 0. The summed E-state index contributed by atoms with van der Waals surface area (Å²) in [7, 11) is 0. The molecule has 3 heterocycles. The molecule has 2 N–H and O–H groups in total. The number of carbonyl (C=O) groups is 1. The van der Waals surface area contributed by atoms with Gasteiger partial charge in [-0.2, -0.15) is 5.10 Å². The molecule has 0 radical (unpaired) electrons. The maximum atomic E-state index is 11.4. The molecule has 1 aliphatic heterocycles. The lowest BCUT2D eigenvalue weighted by Gasteiger charge is -2.27. The van der Waals surface area contributed by atoms with Gasteiger partial charge in [0.25, 0.3) is 0 Å². The fourth-order valence-electron chi connectivity index (χ4n) is 2.21. The second-order valence-corrected chi connectivity index (χ2v) is 4.30. The number of aliphatic hydroxyl groups excluding tert-OH is 1. The van der Waals surface area contributed by atoms with Gasteiger partial charge in [0.05, 0.1) is 31.3 Å². The molecule has 0 aliphatic carbocycles. The van der Waals surface area contributed by atoms with Gasteiger partial charge < -0.3 is 15.3 Å². The van der Waals surface area contributed by atoms with Gasteiger partial charge in [0.1, 0.15) is 12.1 Å². The molecule has 2 aromatic heterocycles. The van der Waals surface area contributed by atoms with Crippen molar-refractivity contribution in [1.29, 1.82) is 0 Å². The van der Waals surface area contributed by atoms with Gasteiger partial charge in [-0.25, -0.2) is 14.6 Å². The number of nitrogens with one attached hydrogen (secondary N) is 1. The van der Waals surface area contributed by atoms with Crippen molar-refractivity contribution in [2.75, 3.05) is 31.1 Å². The van der Waals surface area contributed by atoms with Crippen LogP contribution in [0.3, 0.4) is 0 Å². The zero-order chi connectivity index (χ0) is 13.2. The lowest BCUT2D eigenvalue weighted by molar-refractivity contribution is -0.120. The summed E-state index contributed by atoms with van der Waals surface area (Å²) in [5.41, 5.74) is 0.671. The SMILES string of the molecule is O=C1CN(c2ncnc3c2cnn3CCO)CCN1. The van der Waals surface area contributed by atoms with Gasteiger partial charge in [0.2, 0.25) is 5.91 Å². The molecule has 0 unspecified atom stereocenters. The third kappa shape index (κ3) is 2.10. The summed E-state index contributed by atoms with van der Waals surface area (Å²) in [4.78, 5) is 21.8. The van der Waals surface area contributed by atoms with Gasteiger partial charge in [-0.05, 0) is 0 Å². The molecule has 0 saturated carbocycles. The highest BCUT2D eigenvalue weighted by atomic mass is 16.3. The van der Waals surface area contributed by atoms with Gasteiger partial charge in [-0.1, -0.05) is 0 Å². The van der Waals surface area contributed by atoms with E-state index in [1.165, 1.54) is 6.33 Å². The third-order valence-corrected chi connectivity index (χ3v) is 3.06. The van der Waals surface area contributed by atoms with Crippen LogP contribution in [0.25, 0.3) is 11.0 Å². The molecular weight excluding hydrogens is 248 g/mol. The topological polar surface area (TPSA) is 96.2 Å². The molecule has 0 bridgehead atoms. The molecule has 1 aliphatic rings. The Bertz CT molecular complexity index is 610. The standard InChI is InChI=1S/C11H14N6O2/c18-4-3-17-11-8(5-15-17)10(13-7-14-11)16-2-1-12-9(19)6-16/h5,7,18H,1-4,6H2,(H,12,19). The smallest absolute Gasteiger partial charge is 0.239 e. The Morgan fingerprint density at radius 3 is 3.11 bits per heavy atom. The number of hydrogen-bond acceptors (Lipinski definition) is 6. The van der Waals surface area contributed by atoms with Crippen LogP contribution < -0.4 is 10.2 Å². The zero-order valence-corrected chi connectivity index (χ0v) is 10.3. The fraction of sp³-hybridized carbons (Fsp3) is 0.455. The van der Waals surface area contributed by atoms with Crippen molar-refractivity contribution in [2.24, 2.45) is 0 Å². The minimum atomic E-state index is -0.0132. The largest absolute Gasteiger partial charge is 0.394 e. The van der Waals surface area contributed by atoms with Gasteiger partial charge in [-0.3, -0.25) is 4.79 Å². The molecule has 1 amide bonds. The first-order valence-corrected chi connectivity index (χ1v) is 6.08. The number of aliphatic hydroxyl groups is 1. The van der Waals surface area contributed by atoms with E-state index in [9.17, 15) is 4.79 Å². The van der Waals surface area contributed by atoms with Crippen molar-refractivity contribution in [3.05, 3.63) is 12.5 Å². The van der Waals surface area contributed by atoms with E-state index >= 15 is 0 Å². The number of nitrogens with zero attached hydrogens (tertiary/aromatic N) is 5. The summed E-state index contributed by atoms with van der Waals surface area (Å²) in [6.07, 6.45) is 3.13. The molecule has 3 rings (SSSR count). The summed E-state index contributed by atoms with van der Waals surface area (Å²) < 4.78 is 1.63. The first-order chi connectivity index (χ1) is 9.29. The summed E-state index contributed by atoms with van der Waals surface area (Å²) in [5.74, 6) is 0.699. The highest BCUT2D eigenvalue weighted by molar-refractivity contribution is 5.90. The second kappa shape index (κ2) is 4.81. The molecule has 1 fully saturated rings. The monoisotopic (exact) mass is 262 g/mol. The minimum absolute atomic E-state index is 0.00222. The number of hydrogen-bond donors (Lipinski definition) is 2. The molecule has 0 aromatic carbocycles. The van der Waals surface area contributed by atoms with Crippen molar-refractivity contribution in [3.8, 4) is 0 Å². The Morgan fingerprint density at radius 2 is 2.32 bits per heavy atom. The van der Waals surface area contributed by atoms with Crippen molar-refractivity contribution in [1.82, 2.24) is 25.1 Å². The Hall–Kier alpha value is -2.22. The summed E-state index contributed by atoms with van der Waals surface area (Å²) in [5, 5.41) is 16.7. The number of aromatic nitrogens is 4. The lowest BCUT2D eigenvalue weighted by Crippen LogP contribution is -2.48. The number of rotatable bonds is 3. The number of fused-ring (bicyclic) bond motifs is 1. The number of carbonyl (C=O) groups excluding carboxylic acids is 1. The predicted octanol–water partition coefficient (Wildman–Crippen LogP) is -1.25. The third-order valence-electron chi connectivity index (χ3n) is 3.06. The van der Waals surface area contributed by atoms with E-state index in [0.29, 0.717) is 31.1 Å². The maximum absolute atomic E-state index is 11.4. The first kappa shape index (κ1) is 11.8. The van der Waals surface area contributed by atoms with Crippen LogP contribution in [-0.2, 0) is 11.3 Å². The van der Waals surface area contributed by atoms with E-state index in [-0.39, 0.29) is 19.1 Å². The number of anilines is 1. The van der Waals surface area contributed by atoms with Crippen LogP contribution in [0.15, 0.2) is 12.5 Å². The van der Waals surface area contributed by atoms with Crippen molar-refractivity contribution in [2.45, 2.75) is 6.54 Å². The zero-order valence-electron chi connectivity index (χ0n) is 10.3. The lowest BCUT2D eigenvalue weighted by atomic mass is 10.3. The van der Waals surface area contributed by atoms with Crippen LogP contribution in [0.4, 0.5) is 5.82 Å². The fourth-order valence-corrected chi connectivity index (χ4v) is 2.21. The highest BCUT2D eigenvalue weighted by Crippen LogP contribution is 2.22. The van der Waals surface area contributed by atoms with Gasteiger partial charge >= 0.3 is 0 Å². The summed E-state index contributed by atoms with van der Waals surface area (Å²) in [6.45, 7) is 2.00. The Morgan fingerprint density at radius 1 is 1.42 bits per heavy atom. The second-order valence-electron chi connectivity index (χ2n) is 4.30. The normalized spacial score (nSPS) is 15.8. The van der Waals surface area contributed by atoms with E-state index in [2.05, 4.69) is 20.4 Å². The van der Waals surface area contributed by atoms with E-state index in [1.54, 1.807) is 10.9 Å². The molecule has 19 heavy (non-hydrogen) atoms. The molecule has 1 saturated heterocycles. The number of piperazine rings is 1. The van der Waals surface area contributed by atoms with Gasteiger partial charge in [0, 0.05) is 13.1 Å². The molecule has 100 valence electrons. The van der Waals surface area contributed by atoms with E-state index in [4.69, 9.17) is 5.11 Å². The molecular formula is C11H14N6O2.